The van der Waals surface area contributed by atoms with E-state index in [1.165, 1.54) is 24.3 Å². The highest BCUT2D eigenvalue weighted by molar-refractivity contribution is 7.90. The Morgan fingerprint density at radius 3 is 2.30 bits per heavy atom. The minimum absolute atomic E-state index is 0.171. The maximum atomic E-state index is 12.3. The van der Waals surface area contributed by atoms with Gasteiger partial charge in [-0.25, -0.2) is 13.4 Å². The van der Waals surface area contributed by atoms with Gasteiger partial charge in [0.25, 0.3) is 5.91 Å². The molecule has 8 heteroatoms. The summed E-state index contributed by atoms with van der Waals surface area (Å²) < 4.78 is 34.2. The third-order valence-corrected chi connectivity index (χ3v) is 5.28. The number of carbonyl (C=O) groups is 1. The van der Waals surface area contributed by atoms with Crippen LogP contribution in [0.4, 0.5) is 0 Å². The number of nitrogens with zero attached hydrogens (tertiary/aromatic N) is 1. The molecule has 7 nitrogen and oxygen atoms in total. The van der Waals surface area contributed by atoms with Crippen molar-refractivity contribution in [3.8, 4) is 17.4 Å². The lowest BCUT2D eigenvalue weighted by molar-refractivity contribution is 0.0950. The molecule has 0 aliphatic heterocycles. The van der Waals surface area contributed by atoms with E-state index in [4.69, 9.17) is 9.47 Å². The van der Waals surface area contributed by atoms with Crippen molar-refractivity contribution in [3.05, 3.63) is 78.0 Å². The Hall–Kier alpha value is -3.39. The topological polar surface area (TPSA) is 94.6 Å². The van der Waals surface area contributed by atoms with E-state index in [9.17, 15) is 13.2 Å². The van der Waals surface area contributed by atoms with Gasteiger partial charge in [-0.3, -0.25) is 4.79 Å². The second-order valence-electron chi connectivity index (χ2n) is 6.49. The van der Waals surface area contributed by atoms with E-state index >= 15 is 0 Å². The van der Waals surface area contributed by atoms with E-state index in [0.29, 0.717) is 23.8 Å². The fourth-order valence-electron chi connectivity index (χ4n) is 2.65. The molecule has 1 amide bonds. The highest BCUT2D eigenvalue weighted by Crippen LogP contribution is 2.23. The van der Waals surface area contributed by atoms with Crippen molar-refractivity contribution in [2.24, 2.45) is 0 Å². The average Bonchev–Trinajstić information content (AvgIpc) is 2.73. The minimum atomic E-state index is -3.30. The van der Waals surface area contributed by atoms with Gasteiger partial charge in [-0.2, -0.15) is 0 Å². The summed E-state index contributed by atoms with van der Waals surface area (Å²) in [6.45, 7) is 2.79. The normalized spacial score (nSPS) is 11.0. The Kier molecular flexibility index (Phi) is 6.68. The first kappa shape index (κ1) is 21.3. The van der Waals surface area contributed by atoms with Crippen LogP contribution in [0.25, 0.3) is 0 Å². The van der Waals surface area contributed by atoms with Crippen molar-refractivity contribution in [1.82, 2.24) is 10.3 Å². The van der Waals surface area contributed by atoms with Crippen molar-refractivity contribution < 1.29 is 22.7 Å². The maximum absolute atomic E-state index is 12.3. The van der Waals surface area contributed by atoms with Crippen LogP contribution in [-0.4, -0.2) is 32.2 Å². The maximum Gasteiger partial charge on any atom is 0.251 e. The molecule has 0 saturated heterocycles. The predicted octanol–water partition coefficient (Wildman–Crippen LogP) is 3.61. The zero-order chi connectivity index (χ0) is 21.6. The molecule has 0 bridgehead atoms. The molecule has 2 aromatic carbocycles. The standard InChI is InChI=1S/C22H22N2O5S/c1-3-28-18-6-8-19(9-7-18)29-21-14-16(12-13-23-21)15-24-22(25)17-4-10-20(11-5-17)30(2,26)27/h4-14H,3,15H2,1-2H3,(H,24,25). The highest BCUT2D eigenvalue weighted by Gasteiger charge is 2.10. The number of amides is 1. The van der Waals surface area contributed by atoms with Gasteiger partial charge in [-0.05, 0) is 67.1 Å². The highest BCUT2D eigenvalue weighted by atomic mass is 32.2. The molecule has 30 heavy (non-hydrogen) atoms. The van der Waals surface area contributed by atoms with Crippen LogP contribution in [0, 0.1) is 0 Å². The van der Waals surface area contributed by atoms with Gasteiger partial charge in [-0.15, -0.1) is 0 Å². The summed E-state index contributed by atoms with van der Waals surface area (Å²) in [5.41, 5.74) is 1.19. The molecule has 0 spiro atoms. The number of hydrogen-bond donors (Lipinski definition) is 1. The molecule has 0 aliphatic carbocycles. The smallest absolute Gasteiger partial charge is 0.251 e. The van der Waals surface area contributed by atoms with Crippen LogP contribution in [0.1, 0.15) is 22.8 Å². The van der Waals surface area contributed by atoms with Crippen LogP contribution in [-0.2, 0) is 16.4 Å². The zero-order valence-electron chi connectivity index (χ0n) is 16.7. The quantitative estimate of drug-likeness (QED) is 0.591. The summed E-state index contributed by atoms with van der Waals surface area (Å²) in [5, 5.41) is 2.80. The molecule has 0 saturated carbocycles. The molecule has 156 valence electrons. The van der Waals surface area contributed by atoms with Gasteiger partial charge in [0.15, 0.2) is 9.84 Å². The second-order valence-corrected chi connectivity index (χ2v) is 8.50. The number of pyridine rings is 1. The van der Waals surface area contributed by atoms with E-state index < -0.39 is 9.84 Å². The largest absolute Gasteiger partial charge is 0.494 e. The first-order valence-electron chi connectivity index (χ1n) is 9.29. The van der Waals surface area contributed by atoms with Crippen LogP contribution in [0.15, 0.2) is 71.8 Å². The number of hydrogen-bond acceptors (Lipinski definition) is 6. The summed E-state index contributed by atoms with van der Waals surface area (Å²) >= 11 is 0. The zero-order valence-corrected chi connectivity index (χ0v) is 17.5. The lowest BCUT2D eigenvalue weighted by atomic mass is 10.2. The Morgan fingerprint density at radius 2 is 1.67 bits per heavy atom. The Morgan fingerprint density at radius 1 is 1.00 bits per heavy atom. The van der Waals surface area contributed by atoms with Crippen LogP contribution in [0.3, 0.4) is 0 Å². The number of ether oxygens (including phenoxy) is 2. The molecular formula is C22H22N2O5S. The minimum Gasteiger partial charge on any atom is -0.494 e. The molecule has 0 unspecified atom stereocenters. The van der Waals surface area contributed by atoms with Crippen LogP contribution >= 0.6 is 0 Å². The molecular weight excluding hydrogens is 404 g/mol. The number of rotatable bonds is 8. The van der Waals surface area contributed by atoms with E-state index in [2.05, 4.69) is 10.3 Å². The number of aromatic nitrogens is 1. The van der Waals surface area contributed by atoms with E-state index in [1.807, 2.05) is 19.1 Å². The molecule has 1 heterocycles. The van der Waals surface area contributed by atoms with E-state index in [-0.39, 0.29) is 17.3 Å². The van der Waals surface area contributed by atoms with Gasteiger partial charge < -0.3 is 14.8 Å². The Balaban J connectivity index is 1.60. The third-order valence-electron chi connectivity index (χ3n) is 4.15. The summed E-state index contributed by atoms with van der Waals surface area (Å²) in [6, 6.07) is 16.5. The second kappa shape index (κ2) is 9.41. The molecule has 3 rings (SSSR count). The molecule has 1 aromatic heterocycles. The lowest BCUT2D eigenvalue weighted by Gasteiger charge is -2.09. The summed E-state index contributed by atoms with van der Waals surface area (Å²) in [5.74, 6) is 1.49. The van der Waals surface area contributed by atoms with Crippen LogP contribution in [0.5, 0.6) is 17.4 Å². The summed E-state index contributed by atoms with van der Waals surface area (Å²) in [7, 11) is -3.30. The predicted molar refractivity (Wildman–Crippen MR) is 113 cm³/mol. The van der Waals surface area contributed by atoms with Gasteiger partial charge in [0.05, 0.1) is 11.5 Å². The van der Waals surface area contributed by atoms with Crippen molar-refractivity contribution >= 4 is 15.7 Å². The molecule has 0 fully saturated rings. The lowest BCUT2D eigenvalue weighted by Crippen LogP contribution is -2.22. The van der Waals surface area contributed by atoms with E-state index in [1.54, 1.807) is 30.5 Å². The van der Waals surface area contributed by atoms with Gasteiger partial charge >= 0.3 is 0 Å². The van der Waals surface area contributed by atoms with Crippen molar-refractivity contribution in [1.29, 1.82) is 0 Å². The third kappa shape index (κ3) is 5.81. The molecule has 1 N–H and O–H groups in total. The van der Waals surface area contributed by atoms with Crippen molar-refractivity contribution in [3.63, 3.8) is 0 Å². The number of benzene rings is 2. The fourth-order valence-corrected chi connectivity index (χ4v) is 3.28. The van der Waals surface area contributed by atoms with Gasteiger partial charge in [-0.1, -0.05) is 0 Å². The van der Waals surface area contributed by atoms with Gasteiger partial charge in [0, 0.05) is 30.6 Å². The summed E-state index contributed by atoms with van der Waals surface area (Å²) in [4.78, 5) is 16.7. The molecule has 0 aliphatic rings. The Bertz CT molecular complexity index is 1110. The van der Waals surface area contributed by atoms with Gasteiger partial charge in [0.2, 0.25) is 5.88 Å². The SMILES string of the molecule is CCOc1ccc(Oc2cc(CNC(=O)c3ccc(S(C)(=O)=O)cc3)ccn2)cc1. The summed E-state index contributed by atoms with van der Waals surface area (Å²) in [6.07, 6.45) is 2.73. The number of sulfone groups is 1. The first-order chi connectivity index (χ1) is 14.3. The molecule has 3 aromatic rings. The van der Waals surface area contributed by atoms with Crippen LogP contribution in [0.2, 0.25) is 0 Å². The first-order valence-corrected chi connectivity index (χ1v) is 11.2. The fraction of sp³-hybridized carbons (Fsp3) is 0.182. The average molecular weight is 426 g/mol. The molecule has 0 radical (unpaired) electrons. The van der Waals surface area contributed by atoms with E-state index in [0.717, 1.165) is 17.6 Å². The van der Waals surface area contributed by atoms with Crippen molar-refractivity contribution in [2.75, 3.05) is 12.9 Å². The number of carbonyl (C=O) groups excluding carboxylic acids is 1. The van der Waals surface area contributed by atoms with Crippen molar-refractivity contribution in [2.45, 2.75) is 18.4 Å². The van der Waals surface area contributed by atoms with Gasteiger partial charge in [0.1, 0.15) is 11.5 Å². The Labute approximate surface area is 175 Å². The monoisotopic (exact) mass is 426 g/mol. The molecule has 0 atom stereocenters. The van der Waals surface area contributed by atoms with Crippen LogP contribution < -0.4 is 14.8 Å². The number of nitrogens with one attached hydrogen (secondary N) is 1.